The molecule has 2 rings (SSSR count). The van der Waals surface area contributed by atoms with Gasteiger partial charge < -0.3 is 5.32 Å². The molecule has 1 aromatic rings. The van der Waals surface area contributed by atoms with E-state index in [0.717, 1.165) is 10.4 Å². The number of hydrogen-bond donors (Lipinski definition) is 1. The van der Waals surface area contributed by atoms with Gasteiger partial charge in [-0.2, -0.15) is 0 Å². The Morgan fingerprint density at radius 2 is 1.90 bits per heavy atom. The standard InChI is InChI=1S/C17H27BrN2/c1-3-12-20(13-15-8-10-19-11-9-15)14(2)16-4-6-17(18)7-5-16/h4-7,14-15,19H,3,8-13H2,1-2H3. The number of piperidine rings is 1. The molecule has 0 saturated carbocycles. The summed E-state index contributed by atoms with van der Waals surface area (Å²) in [6.07, 6.45) is 3.88. The summed E-state index contributed by atoms with van der Waals surface area (Å²) in [5, 5.41) is 3.46. The third kappa shape index (κ3) is 4.57. The smallest absolute Gasteiger partial charge is 0.0320 e. The highest BCUT2D eigenvalue weighted by molar-refractivity contribution is 9.10. The van der Waals surface area contributed by atoms with E-state index in [2.05, 4.69) is 64.3 Å². The highest BCUT2D eigenvalue weighted by Gasteiger charge is 2.21. The molecule has 1 heterocycles. The van der Waals surface area contributed by atoms with Crippen LogP contribution >= 0.6 is 15.9 Å². The quantitative estimate of drug-likeness (QED) is 0.835. The molecule has 1 aromatic carbocycles. The molecule has 112 valence electrons. The maximum absolute atomic E-state index is 3.52. The summed E-state index contributed by atoms with van der Waals surface area (Å²) in [4.78, 5) is 2.67. The number of nitrogens with one attached hydrogen (secondary N) is 1. The Morgan fingerprint density at radius 1 is 1.25 bits per heavy atom. The molecule has 1 saturated heterocycles. The molecule has 0 amide bonds. The van der Waals surface area contributed by atoms with Crippen molar-refractivity contribution < 1.29 is 0 Å². The normalized spacial score (nSPS) is 18.4. The summed E-state index contributed by atoms with van der Waals surface area (Å²) in [6.45, 7) is 9.45. The van der Waals surface area contributed by atoms with Gasteiger partial charge in [-0.25, -0.2) is 0 Å². The van der Waals surface area contributed by atoms with Crippen molar-refractivity contribution >= 4 is 15.9 Å². The van der Waals surface area contributed by atoms with Crippen molar-refractivity contribution in [2.45, 2.75) is 39.2 Å². The van der Waals surface area contributed by atoms with Crippen LogP contribution in [0.15, 0.2) is 28.7 Å². The molecule has 20 heavy (non-hydrogen) atoms. The van der Waals surface area contributed by atoms with E-state index in [1.807, 2.05) is 0 Å². The molecule has 0 spiro atoms. The zero-order valence-corrected chi connectivity index (χ0v) is 14.3. The number of nitrogens with zero attached hydrogens (tertiary/aromatic N) is 1. The van der Waals surface area contributed by atoms with Gasteiger partial charge >= 0.3 is 0 Å². The average Bonchev–Trinajstić information content (AvgIpc) is 2.48. The summed E-state index contributed by atoms with van der Waals surface area (Å²) >= 11 is 3.52. The van der Waals surface area contributed by atoms with Gasteiger partial charge in [0.2, 0.25) is 0 Å². The molecule has 0 bridgehead atoms. The summed E-state index contributed by atoms with van der Waals surface area (Å²) < 4.78 is 1.16. The molecule has 1 fully saturated rings. The van der Waals surface area contributed by atoms with Crippen LogP contribution in [0.2, 0.25) is 0 Å². The second-order valence-corrected chi connectivity index (χ2v) is 6.83. The van der Waals surface area contributed by atoms with E-state index >= 15 is 0 Å². The molecular formula is C17H27BrN2. The highest BCUT2D eigenvalue weighted by atomic mass is 79.9. The Hall–Kier alpha value is -0.380. The predicted octanol–water partition coefficient (Wildman–Crippen LogP) is 4.22. The minimum absolute atomic E-state index is 0.512. The molecule has 1 atom stereocenters. The van der Waals surface area contributed by atoms with E-state index in [1.54, 1.807) is 0 Å². The molecule has 1 aliphatic rings. The Bertz CT molecular complexity index is 384. The first-order valence-electron chi connectivity index (χ1n) is 7.91. The molecule has 0 radical (unpaired) electrons. The van der Waals surface area contributed by atoms with Gasteiger partial charge in [0.25, 0.3) is 0 Å². The SMILES string of the molecule is CCCN(CC1CCNCC1)C(C)c1ccc(Br)cc1. The minimum atomic E-state index is 0.512. The van der Waals surface area contributed by atoms with Crippen LogP contribution in [0.5, 0.6) is 0 Å². The van der Waals surface area contributed by atoms with Gasteiger partial charge in [0, 0.05) is 17.1 Å². The Labute approximate surface area is 132 Å². The topological polar surface area (TPSA) is 15.3 Å². The molecule has 1 unspecified atom stereocenters. The fourth-order valence-corrected chi connectivity index (χ4v) is 3.34. The molecule has 1 aliphatic heterocycles. The van der Waals surface area contributed by atoms with Crippen LogP contribution in [0.3, 0.4) is 0 Å². The van der Waals surface area contributed by atoms with Crippen molar-refractivity contribution in [2.24, 2.45) is 5.92 Å². The summed E-state index contributed by atoms with van der Waals surface area (Å²) in [5.74, 6) is 0.862. The van der Waals surface area contributed by atoms with Crippen LogP contribution in [0.1, 0.15) is 44.7 Å². The van der Waals surface area contributed by atoms with Crippen LogP contribution in [0.4, 0.5) is 0 Å². The lowest BCUT2D eigenvalue weighted by Crippen LogP contribution is -2.37. The van der Waals surface area contributed by atoms with Gasteiger partial charge in [0.05, 0.1) is 0 Å². The van der Waals surface area contributed by atoms with Crippen LogP contribution in [0, 0.1) is 5.92 Å². The van der Waals surface area contributed by atoms with Crippen molar-refractivity contribution in [2.75, 3.05) is 26.2 Å². The molecular weight excluding hydrogens is 312 g/mol. The summed E-state index contributed by atoms with van der Waals surface area (Å²) in [6, 6.07) is 9.32. The second kappa shape index (κ2) is 8.16. The van der Waals surface area contributed by atoms with Crippen LogP contribution in [-0.4, -0.2) is 31.1 Å². The van der Waals surface area contributed by atoms with Gasteiger partial charge in [-0.15, -0.1) is 0 Å². The van der Waals surface area contributed by atoms with Crippen LogP contribution in [0.25, 0.3) is 0 Å². The molecule has 1 N–H and O–H groups in total. The molecule has 2 nitrogen and oxygen atoms in total. The van der Waals surface area contributed by atoms with E-state index in [-0.39, 0.29) is 0 Å². The zero-order valence-electron chi connectivity index (χ0n) is 12.7. The highest BCUT2D eigenvalue weighted by Crippen LogP contribution is 2.25. The number of halogens is 1. The fraction of sp³-hybridized carbons (Fsp3) is 0.647. The summed E-state index contributed by atoms with van der Waals surface area (Å²) in [7, 11) is 0. The Morgan fingerprint density at radius 3 is 2.50 bits per heavy atom. The average molecular weight is 339 g/mol. The molecule has 3 heteroatoms. The monoisotopic (exact) mass is 338 g/mol. The predicted molar refractivity (Wildman–Crippen MR) is 90.0 cm³/mol. The van der Waals surface area contributed by atoms with Crippen molar-refractivity contribution in [3.05, 3.63) is 34.3 Å². The zero-order chi connectivity index (χ0) is 14.4. The van der Waals surface area contributed by atoms with E-state index in [1.165, 1.54) is 51.0 Å². The Kier molecular flexibility index (Phi) is 6.53. The van der Waals surface area contributed by atoms with Crippen LogP contribution in [-0.2, 0) is 0 Å². The van der Waals surface area contributed by atoms with E-state index in [4.69, 9.17) is 0 Å². The van der Waals surface area contributed by atoms with Crippen molar-refractivity contribution in [1.82, 2.24) is 10.2 Å². The first kappa shape index (κ1) is 16.0. The lowest BCUT2D eigenvalue weighted by Gasteiger charge is -2.34. The second-order valence-electron chi connectivity index (χ2n) is 5.92. The van der Waals surface area contributed by atoms with E-state index in [9.17, 15) is 0 Å². The lowest BCUT2D eigenvalue weighted by atomic mass is 9.96. The first-order chi connectivity index (χ1) is 9.70. The van der Waals surface area contributed by atoms with Crippen molar-refractivity contribution in [3.63, 3.8) is 0 Å². The van der Waals surface area contributed by atoms with Crippen LogP contribution < -0.4 is 5.32 Å². The lowest BCUT2D eigenvalue weighted by molar-refractivity contribution is 0.161. The van der Waals surface area contributed by atoms with Gasteiger partial charge in [-0.3, -0.25) is 4.90 Å². The summed E-state index contributed by atoms with van der Waals surface area (Å²) in [5.41, 5.74) is 1.43. The maximum atomic E-state index is 3.52. The third-order valence-electron chi connectivity index (χ3n) is 4.36. The molecule has 0 aliphatic carbocycles. The first-order valence-corrected chi connectivity index (χ1v) is 8.70. The molecule has 0 aromatic heterocycles. The third-order valence-corrected chi connectivity index (χ3v) is 4.89. The van der Waals surface area contributed by atoms with E-state index in [0.29, 0.717) is 6.04 Å². The fourth-order valence-electron chi connectivity index (χ4n) is 3.08. The van der Waals surface area contributed by atoms with Crippen molar-refractivity contribution in [3.8, 4) is 0 Å². The minimum Gasteiger partial charge on any atom is -0.317 e. The van der Waals surface area contributed by atoms with Gasteiger partial charge in [0.15, 0.2) is 0 Å². The van der Waals surface area contributed by atoms with Gasteiger partial charge in [-0.1, -0.05) is 35.0 Å². The number of benzene rings is 1. The van der Waals surface area contributed by atoms with Gasteiger partial charge in [0.1, 0.15) is 0 Å². The van der Waals surface area contributed by atoms with Gasteiger partial charge in [-0.05, 0) is 69.4 Å². The van der Waals surface area contributed by atoms with Crippen molar-refractivity contribution in [1.29, 1.82) is 0 Å². The number of rotatable bonds is 6. The maximum Gasteiger partial charge on any atom is 0.0320 e. The largest absolute Gasteiger partial charge is 0.317 e. The Balaban J connectivity index is 2.00. The van der Waals surface area contributed by atoms with E-state index < -0.39 is 0 Å². The number of hydrogen-bond acceptors (Lipinski definition) is 2.